The summed E-state index contributed by atoms with van der Waals surface area (Å²) in [6.45, 7) is 5.84. The fourth-order valence-corrected chi connectivity index (χ4v) is 4.98. The number of alkyl halides is 2. The smallest absolute Gasteiger partial charge is 0.258 e. The number of hydrogen-bond acceptors (Lipinski definition) is 4. The van der Waals surface area contributed by atoms with Crippen LogP contribution in [0.3, 0.4) is 0 Å². The first kappa shape index (κ1) is 22.4. The van der Waals surface area contributed by atoms with E-state index in [4.69, 9.17) is 5.73 Å². The zero-order valence-corrected chi connectivity index (χ0v) is 18.3. The first-order chi connectivity index (χ1) is 14.2. The third-order valence-corrected chi connectivity index (χ3v) is 6.77. The number of aryl methyl sites for hydroxylation is 1. The molecule has 0 aliphatic heterocycles. The zero-order chi connectivity index (χ0) is 22.1. The molecule has 4 nitrogen and oxygen atoms in total. The lowest BCUT2D eigenvalue weighted by molar-refractivity contribution is -0.128. The van der Waals surface area contributed by atoms with Gasteiger partial charge in [0, 0.05) is 4.88 Å². The number of thiophene rings is 1. The number of nitrogens with zero attached hydrogens (tertiary/aromatic N) is 2. The third kappa shape index (κ3) is 4.40. The molecule has 0 bridgehead atoms. The van der Waals surface area contributed by atoms with Crippen LogP contribution in [0.4, 0.5) is 8.78 Å². The van der Waals surface area contributed by atoms with Gasteiger partial charge < -0.3 is 5.73 Å². The van der Waals surface area contributed by atoms with Gasteiger partial charge in [0.25, 0.3) is 6.43 Å². The zero-order valence-electron chi connectivity index (χ0n) is 17.4. The van der Waals surface area contributed by atoms with E-state index in [2.05, 4.69) is 6.07 Å². The number of carbonyl (C=O) groups is 1. The second kappa shape index (κ2) is 8.83. The van der Waals surface area contributed by atoms with Gasteiger partial charge in [-0.25, -0.2) is 8.78 Å². The SMILES string of the molecule is Cc1ccsc1-c1ccc([C@@H](C(F)F)N([C@@H](CC(C)C)C(N)=O)C2(C#N)CC2)cc1. The van der Waals surface area contributed by atoms with Crippen LogP contribution in [-0.4, -0.2) is 28.8 Å². The number of nitrogens with two attached hydrogens (primary N) is 1. The summed E-state index contributed by atoms with van der Waals surface area (Å²) in [5.41, 5.74) is 7.06. The second-order valence-corrected chi connectivity index (χ2v) is 9.35. The number of rotatable bonds is 9. The quantitative estimate of drug-likeness (QED) is 0.587. The van der Waals surface area contributed by atoms with Gasteiger partial charge in [-0.2, -0.15) is 5.26 Å². The monoisotopic (exact) mass is 431 g/mol. The molecule has 1 aliphatic rings. The number of primary amides is 1. The molecule has 1 amide bonds. The van der Waals surface area contributed by atoms with Crippen molar-refractivity contribution in [2.45, 2.75) is 64.1 Å². The van der Waals surface area contributed by atoms with Gasteiger partial charge >= 0.3 is 0 Å². The van der Waals surface area contributed by atoms with Crippen molar-refractivity contribution >= 4 is 17.2 Å². The van der Waals surface area contributed by atoms with Gasteiger partial charge in [0.1, 0.15) is 5.54 Å². The molecule has 0 saturated heterocycles. The fourth-order valence-electron chi connectivity index (χ4n) is 4.05. The van der Waals surface area contributed by atoms with Gasteiger partial charge in [0.2, 0.25) is 5.91 Å². The van der Waals surface area contributed by atoms with E-state index >= 15 is 0 Å². The maximum atomic E-state index is 14.4. The van der Waals surface area contributed by atoms with Gasteiger partial charge in [-0.1, -0.05) is 38.1 Å². The van der Waals surface area contributed by atoms with Gasteiger partial charge in [-0.05, 0) is 60.2 Å². The molecule has 3 rings (SSSR count). The summed E-state index contributed by atoms with van der Waals surface area (Å²) in [5.74, 6) is -0.594. The Bertz CT molecular complexity index is 929. The highest BCUT2D eigenvalue weighted by molar-refractivity contribution is 7.13. The van der Waals surface area contributed by atoms with E-state index in [9.17, 15) is 18.8 Å². The van der Waals surface area contributed by atoms with E-state index in [0.29, 0.717) is 24.8 Å². The van der Waals surface area contributed by atoms with E-state index in [-0.39, 0.29) is 5.92 Å². The maximum absolute atomic E-state index is 14.4. The van der Waals surface area contributed by atoms with Crippen LogP contribution in [0.2, 0.25) is 0 Å². The summed E-state index contributed by atoms with van der Waals surface area (Å²) in [7, 11) is 0. The van der Waals surface area contributed by atoms with E-state index in [1.165, 1.54) is 4.90 Å². The molecule has 160 valence electrons. The minimum absolute atomic E-state index is 0.0713. The normalized spacial score (nSPS) is 17.2. The van der Waals surface area contributed by atoms with Crippen LogP contribution in [0, 0.1) is 24.2 Å². The fraction of sp³-hybridized carbons (Fsp3) is 0.478. The van der Waals surface area contributed by atoms with Crippen LogP contribution < -0.4 is 5.73 Å². The van der Waals surface area contributed by atoms with Crippen LogP contribution in [0.15, 0.2) is 35.7 Å². The first-order valence-corrected chi connectivity index (χ1v) is 11.0. The van der Waals surface area contributed by atoms with Crippen LogP contribution in [0.1, 0.15) is 50.3 Å². The number of hydrogen-bond donors (Lipinski definition) is 1. The number of halogens is 2. The maximum Gasteiger partial charge on any atom is 0.258 e. The summed E-state index contributed by atoms with van der Waals surface area (Å²) in [6.07, 6.45) is -1.52. The highest BCUT2D eigenvalue weighted by Gasteiger charge is 2.56. The highest BCUT2D eigenvalue weighted by atomic mass is 32.1. The van der Waals surface area contributed by atoms with Crippen LogP contribution in [-0.2, 0) is 4.79 Å². The second-order valence-electron chi connectivity index (χ2n) is 8.43. The molecular formula is C23H27F2N3OS. The summed E-state index contributed by atoms with van der Waals surface area (Å²) in [6, 6.07) is 8.93. The topological polar surface area (TPSA) is 70.1 Å². The minimum Gasteiger partial charge on any atom is -0.368 e. The van der Waals surface area contributed by atoms with Gasteiger partial charge in [0.05, 0.1) is 18.2 Å². The van der Waals surface area contributed by atoms with Crippen molar-refractivity contribution in [3.8, 4) is 16.5 Å². The van der Waals surface area contributed by atoms with Crippen molar-refractivity contribution in [1.29, 1.82) is 5.26 Å². The average Bonchev–Trinajstić information content (AvgIpc) is 3.37. The molecule has 1 aromatic heterocycles. The molecule has 2 atom stereocenters. The van der Waals surface area contributed by atoms with E-state index in [1.54, 1.807) is 23.5 Å². The van der Waals surface area contributed by atoms with Crippen molar-refractivity contribution in [3.63, 3.8) is 0 Å². The van der Waals surface area contributed by atoms with Crippen molar-refractivity contribution in [1.82, 2.24) is 4.90 Å². The van der Waals surface area contributed by atoms with E-state index in [1.807, 2.05) is 44.4 Å². The Kier molecular flexibility index (Phi) is 6.59. The Morgan fingerprint density at radius 1 is 1.27 bits per heavy atom. The molecule has 2 N–H and O–H groups in total. The van der Waals surface area contributed by atoms with Crippen LogP contribution in [0.5, 0.6) is 0 Å². The third-order valence-electron chi connectivity index (χ3n) is 5.70. The predicted molar refractivity (Wildman–Crippen MR) is 115 cm³/mol. The molecule has 0 spiro atoms. The lowest BCUT2D eigenvalue weighted by Crippen LogP contribution is -2.54. The molecule has 1 aromatic carbocycles. The lowest BCUT2D eigenvalue weighted by atomic mass is 9.94. The molecule has 1 aliphatic carbocycles. The molecule has 2 aromatic rings. The number of nitriles is 1. The summed E-state index contributed by atoms with van der Waals surface area (Å²) in [4.78, 5) is 14.8. The van der Waals surface area contributed by atoms with Gasteiger partial charge in [0.15, 0.2) is 0 Å². The predicted octanol–water partition coefficient (Wildman–Crippen LogP) is 5.29. The Hall–Kier alpha value is -2.30. The molecule has 0 radical (unpaired) electrons. The van der Waals surface area contributed by atoms with E-state index < -0.39 is 30.0 Å². The Labute approximate surface area is 180 Å². The minimum atomic E-state index is -2.76. The van der Waals surface area contributed by atoms with Crippen LogP contribution in [0.25, 0.3) is 10.4 Å². The van der Waals surface area contributed by atoms with Gasteiger partial charge in [-0.15, -0.1) is 11.3 Å². The molecule has 1 heterocycles. The van der Waals surface area contributed by atoms with Crippen molar-refractivity contribution in [2.24, 2.45) is 11.7 Å². The number of amides is 1. The molecule has 1 saturated carbocycles. The molecule has 30 heavy (non-hydrogen) atoms. The molecule has 0 unspecified atom stereocenters. The summed E-state index contributed by atoms with van der Waals surface area (Å²) in [5, 5.41) is 11.8. The summed E-state index contributed by atoms with van der Waals surface area (Å²) < 4.78 is 28.9. The van der Waals surface area contributed by atoms with Crippen molar-refractivity contribution in [3.05, 3.63) is 46.8 Å². The standard InChI is InChI=1S/C23H27F2N3OS/c1-14(2)12-18(22(27)29)28(23(13-26)9-10-23)19(21(24)25)16-4-6-17(7-5-16)20-15(3)8-11-30-20/h4-8,11,14,18-19,21H,9-10,12H2,1-3H3,(H2,27,29)/t18-,19-/m0/s1. The largest absolute Gasteiger partial charge is 0.368 e. The van der Waals surface area contributed by atoms with Crippen molar-refractivity contribution < 1.29 is 13.6 Å². The number of benzene rings is 1. The Balaban J connectivity index is 2.04. The Morgan fingerprint density at radius 2 is 1.90 bits per heavy atom. The number of carbonyl (C=O) groups excluding carboxylic acids is 1. The Morgan fingerprint density at radius 3 is 2.30 bits per heavy atom. The molecular weight excluding hydrogens is 404 g/mol. The summed E-state index contributed by atoms with van der Waals surface area (Å²) >= 11 is 1.60. The van der Waals surface area contributed by atoms with Crippen LogP contribution >= 0.6 is 11.3 Å². The average molecular weight is 432 g/mol. The highest BCUT2D eigenvalue weighted by Crippen LogP contribution is 2.49. The molecule has 7 heteroatoms. The van der Waals surface area contributed by atoms with E-state index in [0.717, 1.165) is 16.0 Å². The lowest BCUT2D eigenvalue weighted by Gasteiger charge is -2.40. The first-order valence-electron chi connectivity index (χ1n) is 10.1. The molecule has 1 fully saturated rings. The van der Waals surface area contributed by atoms with Gasteiger partial charge in [-0.3, -0.25) is 9.69 Å². The van der Waals surface area contributed by atoms with Crippen molar-refractivity contribution in [2.75, 3.05) is 0 Å².